The average Bonchev–Trinajstić information content (AvgIpc) is 3.05. The number of para-hydroxylation sites is 1. The lowest BCUT2D eigenvalue weighted by Crippen LogP contribution is -2.40. The minimum absolute atomic E-state index is 0.0493. The Balaban J connectivity index is 1.58. The molecule has 0 fully saturated rings. The standard InChI is InChI=1S/C17H20N2OS/c1-19(9-8-15-6-4-10-21-15)17(20)14-11-13-5-2-3-7-16(13)18-12-14/h2-7,10,14,18H,8-9,11-12H2,1H3. The summed E-state index contributed by atoms with van der Waals surface area (Å²) < 4.78 is 0. The van der Waals surface area contributed by atoms with Crippen LogP contribution in [0.1, 0.15) is 10.4 Å². The third-order valence-corrected chi connectivity index (χ3v) is 4.96. The molecule has 1 aliphatic heterocycles. The zero-order valence-electron chi connectivity index (χ0n) is 12.2. The Labute approximate surface area is 129 Å². The van der Waals surface area contributed by atoms with Crippen LogP contribution in [-0.2, 0) is 17.6 Å². The lowest BCUT2D eigenvalue weighted by Gasteiger charge is -2.29. The normalized spacial score (nSPS) is 16.9. The highest BCUT2D eigenvalue weighted by molar-refractivity contribution is 7.09. The summed E-state index contributed by atoms with van der Waals surface area (Å²) in [5.41, 5.74) is 2.41. The van der Waals surface area contributed by atoms with Crippen LogP contribution in [-0.4, -0.2) is 30.9 Å². The molecule has 3 rings (SSSR count). The highest BCUT2D eigenvalue weighted by Gasteiger charge is 2.26. The fraction of sp³-hybridized carbons (Fsp3) is 0.353. The number of thiophene rings is 1. The molecule has 1 atom stereocenters. The van der Waals surface area contributed by atoms with Gasteiger partial charge in [0.2, 0.25) is 5.91 Å². The Morgan fingerprint density at radius 1 is 1.33 bits per heavy atom. The molecule has 1 aliphatic rings. The van der Waals surface area contributed by atoms with Crippen molar-refractivity contribution in [3.8, 4) is 0 Å². The number of carbonyl (C=O) groups is 1. The molecule has 2 aromatic rings. The first-order valence-electron chi connectivity index (χ1n) is 7.33. The van der Waals surface area contributed by atoms with Crippen LogP contribution in [0, 0.1) is 5.92 Å². The summed E-state index contributed by atoms with van der Waals surface area (Å²) in [6, 6.07) is 12.4. The molecule has 1 unspecified atom stereocenters. The highest BCUT2D eigenvalue weighted by atomic mass is 32.1. The van der Waals surface area contributed by atoms with Crippen LogP contribution in [0.25, 0.3) is 0 Å². The molecule has 1 amide bonds. The van der Waals surface area contributed by atoms with Gasteiger partial charge in [0.25, 0.3) is 0 Å². The van der Waals surface area contributed by atoms with Crippen LogP contribution in [0.4, 0.5) is 5.69 Å². The predicted octanol–water partition coefficient (Wildman–Crippen LogP) is 3.03. The van der Waals surface area contributed by atoms with Gasteiger partial charge in [0.15, 0.2) is 0 Å². The van der Waals surface area contributed by atoms with Crippen molar-refractivity contribution < 1.29 is 4.79 Å². The second-order valence-corrected chi connectivity index (χ2v) is 6.56. The molecule has 3 nitrogen and oxygen atoms in total. The molecule has 0 radical (unpaired) electrons. The van der Waals surface area contributed by atoms with Crippen molar-refractivity contribution >= 4 is 22.9 Å². The number of carbonyl (C=O) groups excluding carboxylic acids is 1. The summed E-state index contributed by atoms with van der Waals surface area (Å²) in [6.07, 6.45) is 1.78. The topological polar surface area (TPSA) is 32.3 Å². The Hall–Kier alpha value is -1.81. The molecule has 0 aliphatic carbocycles. The molecule has 0 spiro atoms. The number of amides is 1. The summed E-state index contributed by atoms with van der Waals surface area (Å²) in [7, 11) is 1.91. The molecule has 1 aromatic heterocycles. The van der Waals surface area contributed by atoms with Gasteiger partial charge >= 0.3 is 0 Å². The van der Waals surface area contributed by atoms with E-state index in [9.17, 15) is 4.79 Å². The van der Waals surface area contributed by atoms with Gasteiger partial charge in [-0.1, -0.05) is 24.3 Å². The zero-order valence-corrected chi connectivity index (χ0v) is 13.0. The van der Waals surface area contributed by atoms with Gasteiger partial charge in [-0.25, -0.2) is 0 Å². The van der Waals surface area contributed by atoms with Gasteiger partial charge in [-0.15, -0.1) is 11.3 Å². The lowest BCUT2D eigenvalue weighted by molar-refractivity contribution is -0.133. The van der Waals surface area contributed by atoms with Crippen LogP contribution in [0.3, 0.4) is 0 Å². The maximum Gasteiger partial charge on any atom is 0.227 e. The van der Waals surface area contributed by atoms with E-state index in [4.69, 9.17) is 0 Å². The van der Waals surface area contributed by atoms with E-state index in [0.717, 1.165) is 25.9 Å². The molecule has 21 heavy (non-hydrogen) atoms. The first-order valence-corrected chi connectivity index (χ1v) is 8.21. The quantitative estimate of drug-likeness (QED) is 0.941. The highest BCUT2D eigenvalue weighted by Crippen LogP contribution is 2.25. The van der Waals surface area contributed by atoms with E-state index < -0.39 is 0 Å². The van der Waals surface area contributed by atoms with Gasteiger partial charge in [-0.3, -0.25) is 4.79 Å². The van der Waals surface area contributed by atoms with E-state index in [1.807, 2.05) is 24.1 Å². The van der Waals surface area contributed by atoms with E-state index >= 15 is 0 Å². The van der Waals surface area contributed by atoms with Crippen molar-refractivity contribution in [3.05, 3.63) is 52.2 Å². The van der Waals surface area contributed by atoms with Crippen molar-refractivity contribution in [1.29, 1.82) is 0 Å². The molecule has 0 bridgehead atoms. The number of nitrogens with zero attached hydrogens (tertiary/aromatic N) is 1. The Bertz CT molecular complexity index is 609. The van der Waals surface area contributed by atoms with Crippen LogP contribution >= 0.6 is 11.3 Å². The first kappa shape index (κ1) is 14.1. The molecule has 0 saturated heterocycles. The van der Waals surface area contributed by atoms with Crippen LogP contribution in [0.15, 0.2) is 41.8 Å². The van der Waals surface area contributed by atoms with Gasteiger partial charge in [0.05, 0.1) is 5.92 Å². The molecular formula is C17H20N2OS. The third kappa shape index (κ3) is 3.27. The average molecular weight is 300 g/mol. The zero-order chi connectivity index (χ0) is 14.7. The van der Waals surface area contributed by atoms with Crippen LogP contribution < -0.4 is 5.32 Å². The van der Waals surface area contributed by atoms with Crippen molar-refractivity contribution in [2.75, 3.05) is 25.5 Å². The number of rotatable bonds is 4. The second kappa shape index (κ2) is 6.31. The second-order valence-electron chi connectivity index (χ2n) is 5.53. The number of nitrogens with one attached hydrogen (secondary N) is 1. The van der Waals surface area contributed by atoms with E-state index in [2.05, 4.69) is 35.0 Å². The van der Waals surface area contributed by atoms with Gasteiger partial charge in [0.1, 0.15) is 0 Å². The van der Waals surface area contributed by atoms with Crippen LogP contribution in [0.2, 0.25) is 0 Å². The maximum atomic E-state index is 12.6. The number of anilines is 1. The van der Waals surface area contributed by atoms with Crippen molar-refractivity contribution in [3.63, 3.8) is 0 Å². The van der Waals surface area contributed by atoms with Gasteiger partial charge in [-0.05, 0) is 35.9 Å². The van der Waals surface area contributed by atoms with Gasteiger partial charge in [0, 0.05) is 30.7 Å². The predicted molar refractivity (Wildman–Crippen MR) is 87.8 cm³/mol. The summed E-state index contributed by atoms with van der Waals surface area (Å²) >= 11 is 1.75. The summed E-state index contributed by atoms with van der Waals surface area (Å²) in [5.74, 6) is 0.293. The number of likely N-dealkylation sites (N-methyl/N-ethyl adjacent to an activating group) is 1. The molecule has 110 valence electrons. The molecule has 1 N–H and O–H groups in total. The molecule has 1 aromatic carbocycles. The van der Waals surface area contributed by atoms with Crippen molar-refractivity contribution in [2.24, 2.45) is 5.92 Å². The van der Waals surface area contributed by atoms with Crippen molar-refractivity contribution in [2.45, 2.75) is 12.8 Å². The van der Waals surface area contributed by atoms with E-state index in [1.165, 1.54) is 16.1 Å². The van der Waals surface area contributed by atoms with Crippen molar-refractivity contribution in [1.82, 2.24) is 4.90 Å². The fourth-order valence-corrected chi connectivity index (χ4v) is 3.47. The van der Waals surface area contributed by atoms with Gasteiger partial charge < -0.3 is 10.2 Å². The van der Waals surface area contributed by atoms with Gasteiger partial charge in [-0.2, -0.15) is 0 Å². The lowest BCUT2D eigenvalue weighted by atomic mass is 9.93. The van der Waals surface area contributed by atoms with E-state index in [-0.39, 0.29) is 11.8 Å². The third-order valence-electron chi connectivity index (χ3n) is 4.02. The largest absolute Gasteiger partial charge is 0.384 e. The molecular weight excluding hydrogens is 280 g/mol. The summed E-state index contributed by atoms with van der Waals surface area (Å²) in [6.45, 7) is 1.52. The Morgan fingerprint density at radius 3 is 3.00 bits per heavy atom. The first-order chi connectivity index (χ1) is 10.2. The SMILES string of the molecule is CN(CCc1cccs1)C(=O)C1CNc2ccccc2C1. The minimum Gasteiger partial charge on any atom is -0.384 e. The molecule has 2 heterocycles. The Kier molecular flexibility index (Phi) is 4.25. The van der Waals surface area contributed by atoms with E-state index in [1.54, 1.807) is 11.3 Å². The summed E-state index contributed by atoms with van der Waals surface area (Å²) in [4.78, 5) is 15.8. The minimum atomic E-state index is 0.0493. The fourth-order valence-electron chi connectivity index (χ4n) is 2.77. The Morgan fingerprint density at radius 2 is 2.19 bits per heavy atom. The number of hydrogen-bond donors (Lipinski definition) is 1. The maximum absolute atomic E-state index is 12.6. The number of hydrogen-bond acceptors (Lipinski definition) is 3. The summed E-state index contributed by atoms with van der Waals surface area (Å²) in [5, 5.41) is 5.46. The molecule has 4 heteroatoms. The van der Waals surface area contributed by atoms with Crippen LogP contribution in [0.5, 0.6) is 0 Å². The monoisotopic (exact) mass is 300 g/mol. The molecule has 0 saturated carbocycles. The van der Waals surface area contributed by atoms with E-state index in [0.29, 0.717) is 0 Å². The number of benzene rings is 1. The smallest absolute Gasteiger partial charge is 0.227 e. The number of fused-ring (bicyclic) bond motifs is 1.